The van der Waals surface area contributed by atoms with Gasteiger partial charge in [0.25, 0.3) is 11.5 Å². The van der Waals surface area contributed by atoms with Crippen molar-refractivity contribution in [3.05, 3.63) is 28.2 Å². The normalized spacial score (nSPS) is 12.9. The Kier molecular flexibility index (Phi) is 5.23. The van der Waals surface area contributed by atoms with Gasteiger partial charge in [-0.1, -0.05) is 13.8 Å². The van der Waals surface area contributed by atoms with Crippen molar-refractivity contribution in [3.63, 3.8) is 0 Å². The van der Waals surface area contributed by atoms with Crippen molar-refractivity contribution in [2.45, 2.75) is 46.3 Å². The molecule has 1 aromatic heterocycles. The predicted molar refractivity (Wildman–Crippen MR) is 76.8 cm³/mol. The van der Waals surface area contributed by atoms with E-state index in [-0.39, 0.29) is 11.6 Å². The summed E-state index contributed by atoms with van der Waals surface area (Å²) in [6.45, 7) is 8.87. The summed E-state index contributed by atoms with van der Waals surface area (Å²) in [6.07, 6.45) is 0. The summed E-state index contributed by atoms with van der Waals surface area (Å²) >= 11 is 0. The number of hydrogen-bond donors (Lipinski definition) is 2. The summed E-state index contributed by atoms with van der Waals surface area (Å²) in [5.41, 5.74) is -1.01. The van der Waals surface area contributed by atoms with Crippen molar-refractivity contribution in [3.8, 4) is 0 Å². The minimum Gasteiger partial charge on any atom is -0.458 e. The summed E-state index contributed by atoms with van der Waals surface area (Å²) in [6, 6.07) is 1.70. The van der Waals surface area contributed by atoms with Gasteiger partial charge in [0.1, 0.15) is 17.3 Å². The molecule has 7 nitrogen and oxygen atoms in total. The van der Waals surface area contributed by atoms with Crippen LogP contribution in [0.5, 0.6) is 0 Å². The number of carbonyl (C=O) groups is 2. The van der Waals surface area contributed by atoms with Crippen LogP contribution in [0.4, 0.5) is 0 Å². The molecule has 7 heteroatoms. The highest BCUT2D eigenvalue weighted by molar-refractivity contribution is 5.95. The molecule has 0 unspecified atom stereocenters. The molecule has 0 radical (unpaired) electrons. The van der Waals surface area contributed by atoms with Gasteiger partial charge >= 0.3 is 5.97 Å². The molecule has 1 rings (SSSR count). The molecule has 0 spiro atoms. The summed E-state index contributed by atoms with van der Waals surface area (Å²) in [4.78, 5) is 35.1. The first-order valence-electron chi connectivity index (χ1n) is 6.69. The zero-order chi connectivity index (χ0) is 16.2. The fourth-order valence-corrected chi connectivity index (χ4v) is 1.55. The molecule has 1 aromatic rings. The number of H-pyrrole nitrogens is 1. The van der Waals surface area contributed by atoms with E-state index in [1.807, 2.05) is 0 Å². The molecule has 1 atom stereocenters. The zero-order valence-electron chi connectivity index (χ0n) is 12.9. The van der Waals surface area contributed by atoms with E-state index >= 15 is 0 Å². The summed E-state index contributed by atoms with van der Waals surface area (Å²) in [7, 11) is 0. The molecule has 1 heterocycles. The van der Waals surface area contributed by atoms with E-state index in [1.54, 1.807) is 34.6 Å². The maximum absolute atomic E-state index is 12.1. The number of carbonyl (C=O) groups excluding carboxylic acids is 2. The van der Waals surface area contributed by atoms with Crippen molar-refractivity contribution in [1.29, 1.82) is 0 Å². The summed E-state index contributed by atoms with van der Waals surface area (Å²) in [5.74, 6) is -1.20. The minimum absolute atomic E-state index is 0.0313. The molecule has 0 aliphatic rings. The Labute approximate surface area is 123 Å². The van der Waals surface area contributed by atoms with Crippen molar-refractivity contribution in [2.75, 3.05) is 0 Å². The molecule has 0 aliphatic heterocycles. The Morgan fingerprint density at radius 3 is 2.33 bits per heavy atom. The molecule has 2 N–H and O–H groups in total. The molecule has 0 fully saturated rings. The van der Waals surface area contributed by atoms with Gasteiger partial charge in [-0.15, -0.1) is 0 Å². The smallest absolute Gasteiger partial charge is 0.329 e. The third kappa shape index (κ3) is 5.37. The van der Waals surface area contributed by atoms with Gasteiger partial charge < -0.3 is 10.1 Å². The van der Waals surface area contributed by atoms with Gasteiger partial charge in [0.2, 0.25) is 0 Å². The number of aromatic nitrogens is 2. The molecule has 21 heavy (non-hydrogen) atoms. The second-order valence-electron chi connectivity index (χ2n) is 6.04. The average Bonchev–Trinajstić information content (AvgIpc) is 2.33. The predicted octanol–water partition coefficient (Wildman–Crippen LogP) is 0.866. The lowest BCUT2D eigenvalue weighted by molar-refractivity contribution is -0.158. The van der Waals surface area contributed by atoms with Crippen LogP contribution in [0.3, 0.4) is 0 Å². The van der Waals surface area contributed by atoms with Crippen molar-refractivity contribution in [2.24, 2.45) is 5.92 Å². The second kappa shape index (κ2) is 6.51. The van der Waals surface area contributed by atoms with Gasteiger partial charge in [-0.2, -0.15) is 5.10 Å². The second-order valence-corrected chi connectivity index (χ2v) is 6.04. The van der Waals surface area contributed by atoms with Gasteiger partial charge in [0.15, 0.2) is 0 Å². The quantitative estimate of drug-likeness (QED) is 0.802. The lowest BCUT2D eigenvalue weighted by Crippen LogP contribution is -2.47. The Bertz CT molecular complexity index is 552. The van der Waals surface area contributed by atoms with Crippen LogP contribution in [0.25, 0.3) is 0 Å². The molecule has 0 saturated heterocycles. The first-order chi connectivity index (χ1) is 9.60. The number of rotatable bonds is 4. The van der Waals surface area contributed by atoms with Crippen molar-refractivity contribution >= 4 is 11.9 Å². The van der Waals surface area contributed by atoms with E-state index in [9.17, 15) is 14.4 Å². The third-order valence-electron chi connectivity index (χ3n) is 2.53. The van der Waals surface area contributed by atoms with Crippen molar-refractivity contribution in [1.82, 2.24) is 15.5 Å². The highest BCUT2D eigenvalue weighted by Crippen LogP contribution is 2.12. The third-order valence-corrected chi connectivity index (χ3v) is 2.53. The fraction of sp³-hybridized carbons (Fsp3) is 0.571. The number of nitrogens with zero attached hydrogens (tertiary/aromatic N) is 1. The summed E-state index contributed by atoms with van der Waals surface area (Å²) < 4.78 is 5.29. The molecular weight excluding hydrogens is 274 g/mol. The van der Waals surface area contributed by atoms with E-state index < -0.39 is 29.1 Å². The molecule has 0 aliphatic carbocycles. The fourth-order valence-electron chi connectivity index (χ4n) is 1.55. The molecular formula is C14H21N3O4. The summed E-state index contributed by atoms with van der Waals surface area (Å²) in [5, 5.41) is 8.37. The SMILES string of the molecule is CC(C)[C@@H](NC(=O)c1ccc(=O)[nH]n1)C(=O)OC(C)(C)C. The van der Waals surface area contributed by atoms with Crippen LogP contribution >= 0.6 is 0 Å². The molecule has 0 bridgehead atoms. The number of esters is 1. The van der Waals surface area contributed by atoms with Crippen LogP contribution in [0.1, 0.15) is 45.1 Å². The lowest BCUT2D eigenvalue weighted by atomic mass is 10.0. The average molecular weight is 295 g/mol. The molecule has 0 aromatic carbocycles. The number of ether oxygens (including phenoxy) is 1. The van der Waals surface area contributed by atoms with Crippen molar-refractivity contribution < 1.29 is 14.3 Å². The van der Waals surface area contributed by atoms with E-state index in [1.165, 1.54) is 12.1 Å². The zero-order valence-corrected chi connectivity index (χ0v) is 12.9. The van der Waals surface area contributed by atoms with Crippen LogP contribution in [0.15, 0.2) is 16.9 Å². The van der Waals surface area contributed by atoms with Gasteiger partial charge in [0, 0.05) is 6.07 Å². The van der Waals surface area contributed by atoms with Gasteiger partial charge in [0.05, 0.1) is 0 Å². The van der Waals surface area contributed by atoms with Crippen LogP contribution in [-0.2, 0) is 9.53 Å². The van der Waals surface area contributed by atoms with E-state index in [4.69, 9.17) is 4.74 Å². The molecule has 116 valence electrons. The highest BCUT2D eigenvalue weighted by atomic mass is 16.6. The number of nitrogens with one attached hydrogen (secondary N) is 2. The topological polar surface area (TPSA) is 101 Å². The maximum Gasteiger partial charge on any atom is 0.329 e. The highest BCUT2D eigenvalue weighted by Gasteiger charge is 2.29. The monoisotopic (exact) mass is 295 g/mol. The Morgan fingerprint density at radius 2 is 1.90 bits per heavy atom. The van der Waals surface area contributed by atoms with Gasteiger partial charge in [-0.3, -0.25) is 9.59 Å². The Balaban J connectivity index is 2.83. The lowest BCUT2D eigenvalue weighted by Gasteiger charge is -2.26. The number of aromatic amines is 1. The van der Waals surface area contributed by atoms with E-state index in [0.29, 0.717) is 0 Å². The maximum atomic E-state index is 12.1. The van der Waals surface area contributed by atoms with E-state index in [0.717, 1.165) is 0 Å². The van der Waals surface area contributed by atoms with Crippen LogP contribution in [-0.4, -0.2) is 33.7 Å². The van der Waals surface area contributed by atoms with E-state index in [2.05, 4.69) is 15.5 Å². The van der Waals surface area contributed by atoms with Gasteiger partial charge in [-0.25, -0.2) is 9.89 Å². The minimum atomic E-state index is -0.787. The first kappa shape index (κ1) is 16.9. The standard InChI is InChI=1S/C14H21N3O4/c1-8(2)11(13(20)21-14(3,4)5)15-12(19)9-6-7-10(18)17-16-9/h6-8,11H,1-5H3,(H,15,19)(H,17,18)/t11-/m1/s1. The molecule has 1 amide bonds. The molecule has 0 saturated carbocycles. The Hall–Kier alpha value is -2.18. The van der Waals surface area contributed by atoms with Crippen LogP contribution in [0.2, 0.25) is 0 Å². The number of hydrogen-bond acceptors (Lipinski definition) is 5. The largest absolute Gasteiger partial charge is 0.458 e. The number of amides is 1. The first-order valence-corrected chi connectivity index (χ1v) is 6.69. The van der Waals surface area contributed by atoms with Gasteiger partial charge in [-0.05, 0) is 32.8 Å². The Morgan fingerprint density at radius 1 is 1.29 bits per heavy atom. The van der Waals surface area contributed by atoms with Crippen LogP contribution < -0.4 is 10.9 Å². The van der Waals surface area contributed by atoms with Crippen LogP contribution in [0, 0.1) is 5.92 Å².